The normalized spacial score (nSPS) is 20.9. The first kappa shape index (κ1) is 25.2. The smallest absolute Gasteiger partial charge is 0.239 e. The maximum Gasteiger partial charge on any atom is 0.239 e. The van der Waals surface area contributed by atoms with E-state index in [2.05, 4.69) is 9.55 Å². The molecule has 0 aliphatic carbocycles. The highest BCUT2D eigenvalue weighted by Gasteiger charge is 2.44. The number of hydrogen-bond donors (Lipinski definition) is 1. The topological polar surface area (TPSA) is 102 Å². The van der Waals surface area contributed by atoms with Crippen LogP contribution in [0.4, 0.5) is 0 Å². The molecule has 1 atom stereocenters. The van der Waals surface area contributed by atoms with Crippen LogP contribution in [0.1, 0.15) is 31.2 Å². The number of amides is 1. The second-order valence-corrected chi connectivity index (χ2v) is 12.2. The van der Waals surface area contributed by atoms with Crippen LogP contribution >= 0.6 is 11.6 Å². The molecule has 1 amide bonds. The first-order valence-electron chi connectivity index (χ1n) is 11.9. The molecule has 34 heavy (non-hydrogen) atoms. The average Bonchev–Trinajstić information content (AvgIpc) is 3.33. The molecule has 2 aromatic rings. The van der Waals surface area contributed by atoms with Crippen molar-refractivity contribution < 1.29 is 13.2 Å². The Morgan fingerprint density at radius 1 is 1.18 bits per heavy atom. The van der Waals surface area contributed by atoms with Crippen LogP contribution in [0, 0.1) is 11.3 Å². The summed E-state index contributed by atoms with van der Waals surface area (Å²) in [6.45, 7) is 3.27. The number of hydrogen-bond acceptors (Lipinski definition) is 5. The average molecular weight is 508 g/mol. The molecule has 10 heteroatoms. The fraction of sp³-hybridized carbons (Fsp3) is 0.583. The van der Waals surface area contributed by atoms with Crippen molar-refractivity contribution in [2.75, 3.05) is 32.4 Å². The molecule has 1 unspecified atom stereocenters. The molecule has 186 valence electrons. The van der Waals surface area contributed by atoms with Gasteiger partial charge in [-0.25, -0.2) is 17.7 Å². The van der Waals surface area contributed by atoms with E-state index >= 15 is 0 Å². The molecular formula is C24H34ClN5O3S. The quantitative estimate of drug-likeness (QED) is 0.620. The van der Waals surface area contributed by atoms with Gasteiger partial charge in [-0.05, 0) is 61.1 Å². The van der Waals surface area contributed by atoms with Crippen LogP contribution < -0.4 is 5.73 Å². The SMILES string of the molecule is CS(=O)(=O)N1CCC(C2(Cn3ccnc3)CCN(C(=O)C(N)Cc3ccc(Cl)cc3)CC2)CC1. The second kappa shape index (κ2) is 10.4. The minimum atomic E-state index is -3.16. The molecule has 0 radical (unpaired) electrons. The Morgan fingerprint density at radius 2 is 1.82 bits per heavy atom. The van der Waals surface area contributed by atoms with Crippen LogP contribution in [0.2, 0.25) is 5.02 Å². The van der Waals surface area contributed by atoms with Crippen LogP contribution in [0.3, 0.4) is 0 Å². The van der Waals surface area contributed by atoms with Crippen LogP contribution in [0.25, 0.3) is 0 Å². The third-order valence-electron chi connectivity index (χ3n) is 7.60. The van der Waals surface area contributed by atoms with Crippen LogP contribution in [-0.2, 0) is 27.8 Å². The van der Waals surface area contributed by atoms with Gasteiger partial charge < -0.3 is 15.2 Å². The number of rotatable bonds is 7. The number of imidazole rings is 1. The molecule has 0 saturated carbocycles. The molecule has 3 heterocycles. The first-order chi connectivity index (χ1) is 16.2. The predicted molar refractivity (Wildman–Crippen MR) is 133 cm³/mol. The lowest BCUT2D eigenvalue weighted by Gasteiger charge is -2.49. The van der Waals surface area contributed by atoms with E-state index in [0.29, 0.717) is 43.5 Å². The zero-order valence-electron chi connectivity index (χ0n) is 19.6. The monoisotopic (exact) mass is 507 g/mol. The van der Waals surface area contributed by atoms with Gasteiger partial charge in [-0.1, -0.05) is 23.7 Å². The van der Waals surface area contributed by atoms with E-state index in [1.807, 2.05) is 41.7 Å². The van der Waals surface area contributed by atoms with Crippen molar-refractivity contribution in [3.05, 3.63) is 53.6 Å². The number of sulfonamides is 1. The minimum Gasteiger partial charge on any atom is -0.341 e. The summed E-state index contributed by atoms with van der Waals surface area (Å²) < 4.78 is 27.7. The Labute approximate surface area is 207 Å². The van der Waals surface area contributed by atoms with Gasteiger partial charge in [-0.2, -0.15) is 0 Å². The molecular weight excluding hydrogens is 474 g/mol. The summed E-state index contributed by atoms with van der Waals surface area (Å²) in [6, 6.07) is 6.86. The van der Waals surface area contributed by atoms with Crippen molar-refractivity contribution in [2.45, 2.75) is 44.7 Å². The maximum absolute atomic E-state index is 13.1. The summed E-state index contributed by atoms with van der Waals surface area (Å²) in [7, 11) is -3.16. The van der Waals surface area contributed by atoms with Gasteiger partial charge in [0.25, 0.3) is 0 Å². The van der Waals surface area contributed by atoms with Gasteiger partial charge in [0.15, 0.2) is 0 Å². The predicted octanol–water partition coefficient (Wildman–Crippen LogP) is 2.39. The number of benzene rings is 1. The summed E-state index contributed by atoms with van der Waals surface area (Å²) in [5.41, 5.74) is 7.29. The van der Waals surface area contributed by atoms with Crippen LogP contribution in [0.15, 0.2) is 43.0 Å². The summed E-state index contributed by atoms with van der Waals surface area (Å²) in [5.74, 6) is 0.381. The molecule has 2 aliphatic rings. The highest BCUT2D eigenvalue weighted by atomic mass is 35.5. The highest BCUT2D eigenvalue weighted by molar-refractivity contribution is 7.88. The van der Waals surface area contributed by atoms with Crippen molar-refractivity contribution in [1.29, 1.82) is 0 Å². The van der Waals surface area contributed by atoms with E-state index in [9.17, 15) is 13.2 Å². The van der Waals surface area contributed by atoms with Gasteiger partial charge in [-0.3, -0.25) is 4.79 Å². The molecule has 0 bridgehead atoms. The third-order valence-corrected chi connectivity index (χ3v) is 9.16. The van der Waals surface area contributed by atoms with E-state index in [-0.39, 0.29) is 11.3 Å². The number of nitrogens with zero attached hydrogens (tertiary/aromatic N) is 4. The Hall–Kier alpha value is -1.94. The van der Waals surface area contributed by atoms with E-state index in [4.69, 9.17) is 17.3 Å². The van der Waals surface area contributed by atoms with E-state index < -0.39 is 16.1 Å². The molecule has 1 aromatic carbocycles. The van der Waals surface area contributed by atoms with Gasteiger partial charge in [0.05, 0.1) is 18.6 Å². The number of aromatic nitrogens is 2. The fourth-order valence-corrected chi connectivity index (χ4v) is 6.61. The molecule has 0 spiro atoms. The molecule has 2 N–H and O–H groups in total. The van der Waals surface area contributed by atoms with Gasteiger partial charge in [0.2, 0.25) is 15.9 Å². The highest BCUT2D eigenvalue weighted by Crippen LogP contribution is 2.45. The van der Waals surface area contributed by atoms with E-state index in [1.165, 1.54) is 6.26 Å². The standard InChI is InChI=1S/C24H34ClN5O3S/c1-34(32,33)30-11-6-20(7-12-30)24(17-28-15-10-27-18-28)8-13-29(14-9-24)23(31)22(26)16-19-2-4-21(25)5-3-19/h2-5,10,15,18,20,22H,6-9,11-14,16-17,26H2,1H3. The number of halogens is 1. The molecule has 2 fully saturated rings. The number of piperidine rings is 2. The number of likely N-dealkylation sites (tertiary alicyclic amines) is 1. The lowest BCUT2D eigenvalue weighted by atomic mass is 9.65. The molecule has 2 saturated heterocycles. The van der Waals surface area contributed by atoms with Gasteiger partial charge >= 0.3 is 0 Å². The summed E-state index contributed by atoms with van der Waals surface area (Å²) in [4.78, 5) is 19.2. The Kier molecular flexibility index (Phi) is 7.66. The fourth-order valence-electron chi connectivity index (χ4n) is 5.61. The molecule has 8 nitrogen and oxygen atoms in total. The van der Waals surface area contributed by atoms with Crippen molar-refractivity contribution >= 4 is 27.5 Å². The van der Waals surface area contributed by atoms with Gasteiger partial charge in [0.1, 0.15) is 0 Å². The van der Waals surface area contributed by atoms with Gasteiger partial charge in [0, 0.05) is 50.1 Å². The number of nitrogens with two attached hydrogens (primary N) is 1. The summed E-state index contributed by atoms with van der Waals surface area (Å²) in [5, 5.41) is 0.663. The Morgan fingerprint density at radius 3 is 2.38 bits per heavy atom. The first-order valence-corrected chi connectivity index (χ1v) is 14.1. The second-order valence-electron chi connectivity index (χ2n) is 9.80. The maximum atomic E-state index is 13.1. The largest absolute Gasteiger partial charge is 0.341 e. The summed E-state index contributed by atoms with van der Waals surface area (Å²) >= 11 is 5.96. The van der Waals surface area contributed by atoms with E-state index in [1.54, 1.807) is 10.5 Å². The molecule has 4 rings (SSSR count). The molecule has 2 aliphatic heterocycles. The minimum absolute atomic E-state index is 0.00134. The van der Waals surface area contributed by atoms with Crippen LogP contribution in [0.5, 0.6) is 0 Å². The Bertz CT molecular complexity index is 1060. The summed E-state index contributed by atoms with van der Waals surface area (Å²) in [6.07, 6.45) is 10.8. The van der Waals surface area contributed by atoms with Crippen molar-refractivity contribution in [2.24, 2.45) is 17.1 Å². The van der Waals surface area contributed by atoms with Crippen molar-refractivity contribution in [1.82, 2.24) is 18.8 Å². The lowest BCUT2D eigenvalue weighted by Crippen LogP contribution is -2.53. The van der Waals surface area contributed by atoms with Crippen molar-refractivity contribution in [3.63, 3.8) is 0 Å². The van der Waals surface area contributed by atoms with Crippen molar-refractivity contribution in [3.8, 4) is 0 Å². The van der Waals surface area contributed by atoms with Gasteiger partial charge in [-0.15, -0.1) is 0 Å². The van der Waals surface area contributed by atoms with Crippen LogP contribution in [-0.4, -0.2) is 71.6 Å². The number of carbonyl (C=O) groups excluding carboxylic acids is 1. The Balaban J connectivity index is 1.42. The van der Waals surface area contributed by atoms with E-state index in [0.717, 1.165) is 37.8 Å². The molecule has 1 aromatic heterocycles. The zero-order valence-corrected chi connectivity index (χ0v) is 21.2. The number of carbonyl (C=O) groups is 1. The lowest BCUT2D eigenvalue weighted by molar-refractivity contribution is -0.136. The zero-order chi connectivity index (χ0) is 24.3. The third kappa shape index (κ3) is 5.82.